The highest BCUT2D eigenvalue weighted by Crippen LogP contribution is 2.18. The summed E-state index contributed by atoms with van der Waals surface area (Å²) in [4.78, 5) is 7.06. The van der Waals surface area contributed by atoms with Gasteiger partial charge in [-0.1, -0.05) is 30.3 Å². The van der Waals surface area contributed by atoms with Crippen molar-refractivity contribution in [2.45, 2.75) is 57.7 Å². The van der Waals surface area contributed by atoms with Gasteiger partial charge < -0.3 is 25.6 Å². The van der Waals surface area contributed by atoms with Gasteiger partial charge in [0.05, 0.1) is 6.61 Å². The zero-order chi connectivity index (χ0) is 21.4. The summed E-state index contributed by atoms with van der Waals surface area (Å²) in [6, 6.07) is 11.4. The molecule has 2 heterocycles. The number of piperidine rings is 1. The lowest BCUT2D eigenvalue weighted by molar-refractivity contribution is 0.150. The van der Waals surface area contributed by atoms with Crippen LogP contribution in [0.2, 0.25) is 0 Å². The Hall–Kier alpha value is -1.63. The summed E-state index contributed by atoms with van der Waals surface area (Å²) < 4.78 is 5.52. The van der Waals surface area contributed by atoms with Crippen molar-refractivity contribution in [3.8, 4) is 0 Å². The van der Waals surface area contributed by atoms with E-state index in [-0.39, 0.29) is 5.54 Å². The molecule has 2 aliphatic heterocycles. The lowest BCUT2D eigenvalue weighted by Crippen LogP contribution is -2.54. The van der Waals surface area contributed by atoms with Crippen molar-refractivity contribution in [1.29, 1.82) is 0 Å². The zero-order valence-electron chi connectivity index (χ0n) is 19.3. The van der Waals surface area contributed by atoms with E-state index < -0.39 is 0 Å². The van der Waals surface area contributed by atoms with Gasteiger partial charge in [0, 0.05) is 57.5 Å². The maximum absolute atomic E-state index is 5.52. The van der Waals surface area contributed by atoms with E-state index in [0.717, 1.165) is 44.7 Å². The first-order valence-electron chi connectivity index (χ1n) is 11.5. The monoisotopic (exact) mass is 415 g/mol. The Morgan fingerprint density at radius 1 is 1.20 bits per heavy atom. The largest absolute Gasteiger partial charge is 0.381 e. The first-order chi connectivity index (χ1) is 14.4. The molecule has 0 aliphatic carbocycles. The van der Waals surface area contributed by atoms with Crippen molar-refractivity contribution in [1.82, 2.24) is 20.9 Å². The Morgan fingerprint density at radius 3 is 2.57 bits per heavy atom. The number of nitrogens with zero attached hydrogens (tertiary/aromatic N) is 2. The maximum atomic E-state index is 5.52. The van der Waals surface area contributed by atoms with Crippen LogP contribution >= 0.6 is 0 Å². The Morgan fingerprint density at radius 2 is 1.93 bits per heavy atom. The molecule has 0 aromatic heterocycles. The van der Waals surface area contributed by atoms with Crippen LogP contribution in [0.1, 0.15) is 51.6 Å². The van der Waals surface area contributed by atoms with E-state index in [0.29, 0.717) is 12.1 Å². The van der Waals surface area contributed by atoms with Crippen LogP contribution < -0.4 is 16.0 Å². The number of nitrogens with one attached hydrogen (secondary N) is 3. The highest BCUT2D eigenvalue weighted by atomic mass is 16.5. The summed E-state index contributed by atoms with van der Waals surface area (Å²) in [5.74, 6) is 1.64. The third kappa shape index (κ3) is 7.25. The second-order valence-corrected chi connectivity index (χ2v) is 9.54. The molecule has 2 aliphatic rings. The van der Waals surface area contributed by atoms with Gasteiger partial charge in [-0.3, -0.25) is 4.99 Å². The number of aliphatic imine (C=N–C) groups is 1. The van der Waals surface area contributed by atoms with Crippen molar-refractivity contribution >= 4 is 5.96 Å². The zero-order valence-corrected chi connectivity index (χ0v) is 19.3. The van der Waals surface area contributed by atoms with Crippen LogP contribution in [0.4, 0.5) is 0 Å². The average molecular weight is 416 g/mol. The third-order valence-electron chi connectivity index (χ3n) is 6.30. The second-order valence-electron chi connectivity index (χ2n) is 9.54. The molecule has 1 aromatic carbocycles. The molecule has 2 unspecified atom stereocenters. The molecule has 0 bridgehead atoms. The average Bonchev–Trinajstić information content (AvgIpc) is 3.26. The van der Waals surface area contributed by atoms with Gasteiger partial charge in [-0.15, -0.1) is 0 Å². The number of likely N-dealkylation sites (tertiary alicyclic amines) is 1. The molecule has 2 atom stereocenters. The molecule has 0 spiro atoms. The van der Waals surface area contributed by atoms with E-state index in [1.165, 1.54) is 31.4 Å². The SMILES string of the molecule is CN=C(NCC(C)(C)NC(C)c1ccccc1)NC1CCN(CC2CCOC2)CC1. The van der Waals surface area contributed by atoms with Crippen molar-refractivity contribution in [2.75, 3.05) is 46.4 Å². The molecule has 6 heteroatoms. The maximum Gasteiger partial charge on any atom is 0.191 e. The summed E-state index contributed by atoms with van der Waals surface area (Å²) in [5.41, 5.74) is 1.25. The molecule has 1 aromatic rings. The molecule has 2 saturated heterocycles. The number of guanidine groups is 1. The van der Waals surface area contributed by atoms with Crippen LogP contribution in [0.15, 0.2) is 35.3 Å². The van der Waals surface area contributed by atoms with Gasteiger partial charge in [0.25, 0.3) is 0 Å². The highest BCUT2D eigenvalue weighted by molar-refractivity contribution is 5.80. The third-order valence-corrected chi connectivity index (χ3v) is 6.30. The Balaban J connectivity index is 1.39. The Kier molecular flexibility index (Phi) is 8.54. The predicted octanol–water partition coefficient (Wildman–Crippen LogP) is 2.78. The van der Waals surface area contributed by atoms with Crippen molar-refractivity contribution in [3.63, 3.8) is 0 Å². The van der Waals surface area contributed by atoms with E-state index in [1.807, 2.05) is 7.05 Å². The standard InChI is InChI=1S/C24H41N5O/c1-19(21-8-6-5-7-9-21)28-24(2,3)18-26-23(25-4)27-22-10-13-29(14-11-22)16-20-12-15-30-17-20/h5-9,19-20,22,28H,10-18H2,1-4H3,(H2,25,26,27). The van der Waals surface area contributed by atoms with Crippen molar-refractivity contribution in [2.24, 2.45) is 10.9 Å². The number of hydrogen-bond donors (Lipinski definition) is 3. The van der Waals surface area contributed by atoms with Crippen LogP contribution in [-0.4, -0.2) is 68.9 Å². The number of rotatable bonds is 8. The molecule has 0 radical (unpaired) electrons. The van der Waals surface area contributed by atoms with E-state index in [2.05, 4.69) is 76.9 Å². The first kappa shape index (κ1) is 23.0. The van der Waals surface area contributed by atoms with Crippen LogP contribution in [0.3, 0.4) is 0 Å². The highest BCUT2D eigenvalue weighted by Gasteiger charge is 2.25. The normalized spacial score (nSPS) is 22.8. The summed E-state index contributed by atoms with van der Waals surface area (Å²) in [5, 5.41) is 10.9. The quantitative estimate of drug-likeness (QED) is 0.450. The van der Waals surface area contributed by atoms with Crippen molar-refractivity contribution in [3.05, 3.63) is 35.9 Å². The number of hydrogen-bond acceptors (Lipinski definition) is 4. The van der Waals surface area contributed by atoms with Crippen LogP contribution in [-0.2, 0) is 4.74 Å². The van der Waals surface area contributed by atoms with Gasteiger partial charge in [-0.25, -0.2) is 0 Å². The van der Waals surface area contributed by atoms with Crippen molar-refractivity contribution < 1.29 is 4.74 Å². The molecule has 3 rings (SSSR count). The molecule has 3 N–H and O–H groups in total. The molecule has 2 fully saturated rings. The minimum atomic E-state index is -0.0560. The van der Waals surface area contributed by atoms with E-state index >= 15 is 0 Å². The predicted molar refractivity (Wildman–Crippen MR) is 125 cm³/mol. The van der Waals surface area contributed by atoms with Gasteiger partial charge in [-0.05, 0) is 51.5 Å². The second kappa shape index (κ2) is 11.1. The fourth-order valence-electron chi connectivity index (χ4n) is 4.51. The van der Waals surface area contributed by atoms with Crippen LogP contribution in [0.25, 0.3) is 0 Å². The molecule has 30 heavy (non-hydrogen) atoms. The summed E-state index contributed by atoms with van der Waals surface area (Å²) in [7, 11) is 1.86. The minimum absolute atomic E-state index is 0.0560. The molecule has 0 saturated carbocycles. The van der Waals surface area contributed by atoms with Crippen LogP contribution in [0, 0.1) is 5.92 Å². The molecular weight excluding hydrogens is 374 g/mol. The van der Waals surface area contributed by atoms with E-state index in [9.17, 15) is 0 Å². The lowest BCUT2D eigenvalue weighted by Gasteiger charge is -2.35. The fourth-order valence-corrected chi connectivity index (χ4v) is 4.51. The Labute approximate surface area is 182 Å². The topological polar surface area (TPSA) is 60.9 Å². The van der Waals surface area contributed by atoms with Gasteiger partial charge in [0.15, 0.2) is 5.96 Å². The molecule has 6 nitrogen and oxygen atoms in total. The fraction of sp³-hybridized carbons (Fsp3) is 0.708. The summed E-state index contributed by atoms with van der Waals surface area (Å²) >= 11 is 0. The summed E-state index contributed by atoms with van der Waals surface area (Å²) in [6.45, 7) is 12.9. The number of ether oxygens (including phenoxy) is 1. The summed E-state index contributed by atoms with van der Waals surface area (Å²) in [6.07, 6.45) is 3.56. The minimum Gasteiger partial charge on any atom is -0.381 e. The van der Waals surface area contributed by atoms with E-state index in [1.54, 1.807) is 0 Å². The van der Waals surface area contributed by atoms with Gasteiger partial charge >= 0.3 is 0 Å². The number of benzene rings is 1. The van der Waals surface area contributed by atoms with Gasteiger partial charge in [-0.2, -0.15) is 0 Å². The molecule has 168 valence electrons. The van der Waals surface area contributed by atoms with Crippen LogP contribution in [0.5, 0.6) is 0 Å². The van der Waals surface area contributed by atoms with Gasteiger partial charge in [0.1, 0.15) is 0 Å². The van der Waals surface area contributed by atoms with E-state index in [4.69, 9.17) is 4.74 Å². The molecular formula is C24H41N5O. The molecule has 0 amide bonds. The first-order valence-corrected chi connectivity index (χ1v) is 11.5. The van der Waals surface area contributed by atoms with Gasteiger partial charge in [0.2, 0.25) is 0 Å². The lowest BCUT2D eigenvalue weighted by atomic mass is 10.0. The smallest absolute Gasteiger partial charge is 0.191 e. The Bertz CT molecular complexity index is 649.